The van der Waals surface area contributed by atoms with Crippen LogP contribution in [-0.2, 0) is 0 Å². The molecule has 46 valence electrons. The van der Waals surface area contributed by atoms with Gasteiger partial charge in [-0.05, 0) is 39.2 Å². The summed E-state index contributed by atoms with van der Waals surface area (Å²) in [6.45, 7) is 6.41. The van der Waals surface area contributed by atoms with Gasteiger partial charge >= 0.3 is 0 Å². The van der Waals surface area contributed by atoms with Crippen molar-refractivity contribution in [2.24, 2.45) is 0 Å². The van der Waals surface area contributed by atoms with E-state index in [-0.39, 0.29) is 0 Å². The van der Waals surface area contributed by atoms with Gasteiger partial charge in [-0.15, -0.1) is 0 Å². The summed E-state index contributed by atoms with van der Waals surface area (Å²) in [6, 6.07) is 0.849. The quantitative estimate of drug-likeness (QED) is 0.538. The summed E-state index contributed by atoms with van der Waals surface area (Å²) < 4.78 is 0. The van der Waals surface area contributed by atoms with E-state index < -0.39 is 0 Å². The van der Waals surface area contributed by atoms with Gasteiger partial charge in [0.2, 0.25) is 0 Å². The molecule has 1 aliphatic carbocycles. The van der Waals surface area contributed by atoms with Crippen LogP contribution in [-0.4, -0.2) is 12.6 Å². The zero-order chi connectivity index (χ0) is 5.82. The standard InChI is InChI=1S/C7H13N/c1-2-3-6-8-7-4-5-7/h1,7-8H,2-6H2. The van der Waals surface area contributed by atoms with Gasteiger partial charge in [0.15, 0.2) is 0 Å². The van der Waals surface area contributed by atoms with E-state index in [2.05, 4.69) is 5.32 Å². The summed E-state index contributed by atoms with van der Waals surface area (Å²) in [5.74, 6) is 0. The van der Waals surface area contributed by atoms with Gasteiger partial charge in [-0.2, -0.15) is 0 Å². The number of rotatable bonds is 4. The predicted molar refractivity (Wildman–Crippen MR) is 34.6 cm³/mol. The lowest BCUT2D eigenvalue weighted by molar-refractivity contribution is 0.650. The lowest BCUT2D eigenvalue weighted by Crippen LogP contribution is -2.16. The molecule has 2 radical (unpaired) electrons. The molecule has 1 N–H and O–H groups in total. The van der Waals surface area contributed by atoms with Crippen molar-refractivity contribution in [3.8, 4) is 0 Å². The van der Waals surface area contributed by atoms with Crippen molar-refractivity contribution in [2.45, 2.75) is 31.7 Å². The van der Waals surface area contributed by atoms with Crippen LogP contribution in [0.5, 0.6) is 0 Å². The molecule has 1 heteroatoms. The maximum absolute atomic E-state index is 5.30. The molecule has 0 heterocycles. The molecule has 0 aromatic carbocycles. The fraction of sp³-hybridized carbons (Fsp3) is 0.857. The Bertz CT molecular complexity index is 57.4. The Morgan fingerprint density at radius 1 is 1.50 bits per heavy atom. The van der Waals surface area contributed by atoms with E-state index in [4.69, 9.17) is 6.92 Å². The molecule has 1 saturated carbocycles. The summed E-state index contributed by atoms with van der Waals surface area (Å²) in [6.07, 6.45) is 4.70. The van der Waals surface area contributed by atoms with Crippen LogP contribution in [0.15, 0.2) is 0 Å². The Kier molecular flexibility index (Phi) is 2.34. The van der Waals surface area contributed by atoms with Crippen LogP contribution in [0.25, 0.3) is 0 Å². The zero-order valence-corrected chi connectivity index (χ0v) is 5.19. The molecule has 0 spiro atoms. The average molecular weight is 111 g/mol. The van der Waals surface area contributed by atoms with Crippen LogP contribution in [0, 0.1) is 6.92 Å². The van der Waals surface area contributed by atoms with E-state index in [1.54, 1.807) is 0 Å². The lowest BCUT2D eigenvalue weighted by atomic mass is 10.3. The van der Waals surface area contributed by atoms with Gasteiger partial charge in [-0.1, -0.05) is 0 Å². The van der Waals surface area contributed by atoms with Crippen molar-refractivity contribution in [1.82, 2.24) is 5.32 Å². The van der Waals surface area contributed by atoms with Crippen LogP contribution < -0.4 is 5.32 Å². The fourth-order valence-corrected chi connectivity index (χ4v) is 0.696. The van der Waals surface area contributed by atoms with Gasteiger partial charge in [0.1, 0.15) is 0 Å². The third-order valence-corrected chi connectivity index (χ3v) is 1.39. The molecular formula is C7H13N. The minimum absolute atomic E-state index is 0.819. The van der Waals surface area contributed by atoms with Gasteiger partial charge in [0.25, 0.3) is 0 Å². The number of hydrogen-bond donors (Lipinski definition) is 1. The Morgan fingerprint density at radius 2 is 2.25 bits per heavy atom. The van der Waals surface area contributed by atoms with Crippen molar-refractivity contribution in [1.29, 1.82) is 0 Å². The highest BCUT2D eigenvalue weighted by Crippen LogP contribution is 2.18. The van der Waals surface area contributed by atoms with Gasteiger partial charge < -0.3 is 5.32 Å². The molecule has 1 fully saturated rings. The van der Waals surface area contributed by atoms with E-state index >= 15 is 0 Å². The second kappa shape index (κ2) is 3.08. The third kappa shape index (κ3) is 2.31. The van der Waals surface area contributed by atoms with E-state index in [1.165, 1.54) is 12.8 Å². The monoisotopic (exact) mass is 111 g/mol. The van der Waals surface area contributed by atoms with E-state index in [0.717, 1.165) is 25.4 Å². The predicted octanol–water partition coefficient (Wildman–Crippen LogP) is 1.23. The summed E-state index contributed by atoms with van der Waals surface area (Å²) in [4.78, 5) is 0. The molecule has 0 aliphatic heterocycles. The third-order valence-electron chi connectivity index (χ3n) is 1.39. The molecule has 0 unspecified atom stereocenters. The van der Waals surface area contributed by atoms with Crippen molar-refractivity contribution in [3.63, 3.8) is 0 Å². The van der Waals surface area contributed by atoms with Crippen LogP contribution in [0.1, 0.15) is 25.7 Å². The van der Waals surface area contributed by atoms with Crippen LogP contribution >= 0.6 is 0 Å². The zero-order valence-electron chi connectivity index (χ0n) is 5.19. The molecule has 0 atom stereocenters. The molecule has 0 amide bonds. The normalized spacial score (nSPS) is 19.1. The van der Waals surface area contributed by atoms with Gasteiger partial charge in [-0.3, -0.25) is 0 Å². The molecule has 1 nitrogen and oxygen atoms in total. The van der Waals surface area contributed by atoms with Crippen LogP contribution in [0.3, 0.4) is 0 Å². The molecule has 0 aromatic rings. The number of unbranched alkanes of at least 4 members (excludes halogenated alkanes) is 1. The second-order valence-corrected chi connectivity index (χ2v) is 2.37. The first-order valence-electron chi connectivity index (χ1n) is 3.37. The molecule has 0 saturated heterocycles. The molecule has 0 bridgehead atoms. The SMILES string of the molecule is [CH]CCCNC1CC1. The number of hydrogen-bond acceptors (Lipinski definition) is 1. The molecule has 1 aliphatic rings. The van der Waals surface area contributed by atoms with Crippen LogP contribution in [0.2, 0.25) is 0 Å². The van der Waals surface area contributed by atoms with Crippen molar-refractivity contribution < 1.29 is 0 Å². The van der Waals surface area contributed by atoms with E-state index in [1.807, 2.05) is 0 Å². The smallest absolute Gasteiger partial charge is 0.00682 e. The molecular weight excluding hydrogens is 98.1 g/mol. The largest absolute Gasteiger partial charge is 0.314 e. The highest BCUT2D eigenvalue weighted by atomic mass is 14.9. The summed E-state index contributed by atoms with van der Waals surface area (Å²) >= 11 is 0. The maximum atomic E-state index is 5.30. The van der Waals surface area contributed by atoms with Crippen molar-refractivity contribution in [2.75, 3.05) is 6.54 Å². The number of nitrogens with one attached hydrogen (secondary N) is 1. The van der Waals surface area contributed by atoms with Crippen LogP contribution in [0.4, 0.5) is 0 Å². The highest BCUT2D eigenvalue weighted by Gasteiger charge is 2.19. The maximum Gasteiger partial charge on any atom is 0.00682 e. The van der Waals surface area contributed by atoms with E-state index in [9.17, 15) is 0 Å². The first kappa shape index (κ1) is 6.09. The average Bonchev–Trinajstić information content (AvgIpc) is 2.51. The first-order valence-corrected chi connectivity index (χ1v) is 3.37. The van der Waals surface area contributed by atoms with E-state index in [0.29, 0.717) is 0 Å². The van der Waals surface area contributed by atoms with Crippen molar-refractivity contribution in [3.05, 3.63) is 6.92 Å². The lowest BCUT2D eigenvalue weighted by Gasteiger charge is -1.97. The second-order valence-electron chi connectivity index (χ2n) is 2.37. The summed E-state index contributed by atoms with van der Waals surface area (Å²) in [5.41, 5.74) is 0. The summed E-state index contributed by atoms with van der Waals surface area (Å²) in [7, 11) is 0. The summed E-state index contributed by atoms with van der Waals surface area (Å²) in [5, 5.41) is 3.38. The fourth-order valence-electron chi connectivity index (χ4n) is 0.696. The highest BCUT2D eigenvalue weighted by molar-refractivity contribution is 4.80. The Hall–Kier alpha value is -0.0400. The van der Waals surface area contributed by atoms with Crippen molar-refractivity contribution >= 4 is 0 Å². The molecule has 0 aromatic heterocycles. The Morgan fingerprint density at radius 3 is 2.75 bits per heavy atom. The Labute approximate surface area is 51.5 Å². The van der Waals surface area contributed by atoms with Gasteiger partial charge in [-0.25, -0.2) is 0 Å². The minimum Gasteiger partial charge on any atom is -0.314 e. The topological polar surface area (TPSA) is 12.0 Å². The molecule has 8 heavy (non-hydrogen) atoms. The first-order chi connectivity index (χ1) is 3.93. The van der Waals surface area contributed by atoms with Gasteiger partial charge in [0.05, 0.1) is 0 Å². The minimum atomic E-state index is 0.819. The Balaban J connectivity index is 1.74. The molecule has 1 rings (SSSR count). The van der Waals surface area contributed by atoms with Gasteiger partial charge in [0, 0.05) is 6.04 Å².